The molecule has 1 aromatic heterocycles. The first-order valence-corrected chi connectivity index (χ1v) is 6.76. The maximum absolute atomic E-state index is 13.8. The molecule has 3 aromatic rings. The number of benzene rings is 2. The normalized spacial score (nSPS) is 11.1. The van der Waals surface area contributed by atoms with E-state index in [2.05, 4.69) is 15.5 Å². The van der Waals surface area contributed by atoms with Crippen LogP contribution in [0.2, 0.25) is 0 Å². The molecule has 1 N–H and O–H groups in total. The highest BCUT2D eigenvalue weighted by molar-refractivity contribution is 7.14. The van der Waals surface area contributed by atoms with Crippen molar-refractivity contribution in [1.29, 1.82) is 0 Å². The van der Waals surface area contributed by atoms with E-state index in [1.54, 1.807) is 12.1 Å². The smallest absolute Gasteiger partial charge is 0.148 e. The van der Waals surface area contributed by atoms with Crippen LogP contribution < -0.4 is 5.32 Å². The highest BCUT2D eigenvalue weighted by Gasteiger charge is 2.11. The van der Waals surface area contributed by atoms with Gasteiger partial charge in [-0.1, -0.05) is 35.6 Å². The van der Waals surface area contributed by atoms with Crippen molar-refractivity contribution < 1.29 is 4.39 Å². The van der Waals surface area contributed by atoms with E-state index in [4.69, 9.17) is 0 Å². The Morgan fingerprint density at radius 1 is 1.11 bits per heavy atom. The standard InChI is InChI=1S/C14H12FN3S/c1-16-8-13-17-18-14(19-13)11-6-7-12(15)10-5-3-2-4-9(10)11/h2-7,16H,8H2,1H3. The lowest BCUT2D eigenvalue weighted by molar-refractivity contribution is 0.640. The van der Waals surface area contributed by atoms with Gasteiger partial charge in [0.05, 0.1) is 0 Å². The molecule has 0 radical (unpaired) electrons. The van der Waals surface area contributed by atoms with Gasteiger partial charge in [-0.2, -0.15) is 0 Å². The van der Waals surface area contributed by atoms with Gasteiger partial charge in [-0.05, 0) is 24.6 Å². The van der Waals surface area contributed by atoms with Crippen LogP contribution in [0.4, 0.5) is 4.39 Å². The summed E-state index contributed by atoms with van der Waals surface area (Å²) < 4.78 is 13.8. The molecule has 1 heterocycles. The first-order chi connectivity index (χ1) is 9.29. The van der Waals surface area contributed by atoms with E-state index in [9.17, 15) is 4.39 Å². The third-order valence-electron chi connectivity index (χ3n) is 2.90. The van der Waals surface area contributed by atoms with Crippen LogP contribution in [0, 0.1) is 5.82 Å². The van der Waals surface area contributed by atoms with Crippen molar-refractivity contribution in [2.45, 2.75) is 6.54 Å². The van der Waals surface area contributed by atoms with Crippen LogP contribution in [0.3, 0.4) is 0 Å². The molecular weight excluding hydrogens is 261 g/mol. The maximum atomic E-state index is 13.8. The van der Waals surface area contributed by atoms with E-state index in [-0.39, 0.29) is 5.82 Å². The fourth-order valence-corrected chi connectivity index (χ4v) is 2.92. The molecule has 5 heteroatoms. The number of aromatic nitrogens is 2. The van der Waals surface area contributed by atoms with Crippen molar-refractivity contribution >= 4 is 22.1 Å². The Balaban J connectivity index is 2.16. The molecule has 0 unspecified atom stereocenters. The summed E-state index contributed by atoms with van der Waals surface area (Å²) in [7, 11) is 1.87. The van der Waals surface area contributed by atoms with Gasteiger partial charge in [0.15, 0.2) is 0 Å². The van der Waals surface area contributed by atoms with E-state index < -0.39 is 0 Å². The van der Waals surface area contributed by atoms with Gasteiger partial charge in [-0.15, -0.1) is 10.2 Å². The highest BCUT2D eigenvalue weighted by atomic mass is 32.1. The summed E-state index contributed by atoms with van der Waals surface area (Å²) in [5, 5.41) is 14.6. The Morgan fingerprint density at radius 2 is 1.89 bits per heavy atom. The SMILES string of the molecule is CNCc1nnc(-c2ccc(F)c3ccccc23)s1. The minimum Gasteiger partial charge on any atom is -0.313 e. The zero-order valence-electron chi connectivity index (χ0n) is 10.4. The average Bonchev–Trinajstić information content (AvgIpc) is 2.88. The topological polar surface area (TPSA) is 37.8 Å². The summed E-state index contributed by atoms with van der Waals surface area (Å²) in [4.78, 5) is 0. The number of fused-ring (bicyclic) bond motifs is 1. The largest absolute Gasteiger partial charge is 0.313 e. The molecule has 0 spiro atoms. The third-order valence-corrected chi connectivity index (χ3v) is 3.85. The van der Waals surface area contributed by atoms with Crippen LogP contribution in [0.15, 0.2) is 36.4 Å². The van der Waals surface area contributed by atoms with E-state index in [0.717, 1.165) is 21.0 Å². The van der Waals surface area contributed by atoms with E-state index >= 15 is 0 Å². The van der Waals surface area contributed by atoms with Gasteiger partial charge in [-0.25, -0.2) is 4.39 Å². The monoisotopic (exact) mass is 273 g/mol. The lowest BCUT2D eigenvalue weighted by atomic mass is 10.0. The van der Waals surface area contributed by atoms with Crippen molar-refractivity contribution in [2.24, 2.45) is 0 Å². The average molecular weight is 273 g/mol. The summed E-state index contributed by atoms with van der Waals surface area (Å²) >= 11 is 1.52. The van der Waals surface area contributed by atoms with Crippen molar-refractivity contribution in [3.63, 3.8) is 0 Å². The zero-order chi connectivity index (χ0) is 13.2. The predicted molar refractivity (Wildman–Crippen MR) is 75.6 cm³/mol. The molecule has 0 fully saturated rings. The number of rotatable bonds is 3. The van der Waals surface area contributed by atoms with Gasteiger partial charge < -0.3 is 5.32 Å². The highest BCUT2D eigenvalue weighted by Crippen LogP contribution is 2.31. The second kappa shape index (κ2) is 5.03. The maximum Gasteiger partial charge on any atom is 0.148 e. The quantitative estimate of drug-likeness (QED) is 0.796. The van der Waals surface area contributed by atoms with Crippen LogP contribution in [-0.4, -0.2) is 17.2 Å². The predicted octanol–water partition coefficient (Wildman–Crippen LogP) is 3.22. The number of nitrogens with zero attached hydrogens (tertiary/aromatic N) is 2. The Bertz CT molecular complexity index is 724. The van der Waals surface area contributed by atoms with Crippen LogP contribution >= 0.6 is 11.3 Å². The Hall–Kier alpha value is -1.85. The molecule has 0 saturated carbocycles. The van der Waals surface area contributed by atoms with Crippen molar-refractivity contribution in [3.05, 3.63) is 47.2 Å². The second-order valence-corrected chi connectivity index (χ2v) is 5.23. The first-order valence-electron chi connectivity index (χ1n) is 5.94. The van der Waals surface area contributed by atoms with Crippen molar-refractivity contribution in [3.8, 4) is 10.6 Å². The molecule has 0 aliphatic rings. The molecule has 0 aliphatic heterocycles. The molecule has 0 aliphatic carbocycles. The molecule has 2 aromatic carbocycles. The number of hydrogen-bond acceptors (Lipinski definition) is 4. The van der Waals surface area contributed by atoms with Crippen LogP contribution in [0.25, 0.3) is 21.3 Å². The molecular formula is C14H12FN3S. The zero-order valence-corrected chi connectivity index (χ0v) is 11.2. The van der Waals surface area contributed by atoms with Gasteiger partial charge in [0, 0.05) is 17.5 Å². The lowest BCUT2D eigenvalue weighted by Crippen LogP contribution is -2.04. The Labute approximate surface area is 114 Å². The molecule has 3 rings (SSSR count). The van der Waals surface area contributed by atoms with Gasteiger partial charge in [0.1, 0.15) is 15.8 Å². The van der Waals surface area contributed by atoms with Crippen molar-refractivity contribution in [1.82, 2.24) is 15.5 Å². The molecule has 0 atom stereocenters. The van der Waals surface area contributed by atoms with Gasteiger partial charge in [0.2, 0.25) is 0 Å². The van der Waals surface area contributed by atoms with E-state index in [1.807, 2.05) is 25.2 Å². The van der Waals surface area contributed by atoms with Gasteiger partial charge in [-0.3, -0.25) is 0 Å². The van der Waals surface area contributed by atoms with Crippen molar-refractivity contribution in [2.75, 3.05) is 7.05 Å². The summed E-state index contributed by atoms with van der Waals surface area (Å²) in [6.45, 7) is 0.691. The Morgan fingerprint density at radius 3 is 2.68 bits per heavy atom. The molecule has 0 amide bonds. The van der Waals surface area contributed by atoms with Gasteiger partial charge in [0.25, 0.3) is 0 Å². The Kier molecular flexibility index (Phi) is 3.23. The van der Waals surface area contributed by atoms with Crippen LogP contribution in [0.1, 0.15) is 5.01 Å². The van der Waals surface area contributed by atoms with E-state index in [0.29, 0.717) is 11.9 Å². The summed E-state index contributed by atoms with van der Waals surface area (Å²) in [5.41, 5.74) is 0.928. The number of nitrogens with one attached hydrogen (secondary N) is 1. The molecule has 0 bridgehead atoms. The molecule has 96 valence electrons. The van der Waals surface area contributed by atoms with E-state index in [1.165, 1.54) is 17.4 Å². The first kappa shape index (κ1) is 12.2. The summed E-state index contributed by atoms with van der Waals surface area (Å²) in [5.74, 6) is -0.209. The summed E-state index contributed by atoms with van der Waals surface area (Å²) in [6.07, 6.45) is 0. The third kappa shape index (κ3) is 2.22. The van der Waals surface area contributed by atoms with Crippen LogP contribution in [0.5, 0.6) is 0 Å². The minimum atomic E-state index is -0.209. The summed E-state index contributed by atoms with van der Waals surface area (Å²) in [6, 6.07) is 10.7. The molecule has 3 nitrogen and oxygen atoms in total. The van der Waals surface area contributed by atoms with Gasteiger partial charge >= 0.3 is 0 Å². The lowest BCUT2D eigenvalue weighted by Gasteiger charge is -2.03. The fraction of sp³-hybridized carbons (Fsp3) is 0.143. The molecule has 19 heavy (non-hydrogen) atoms. The minimum absolute atomic E-state index is 0.209. The number of halogens is 1. The number of hydrogen-bond donors (Lipinski definition) is 1. The second-order valence-electron chi connectivity index (χ2n) is 4.17. The van der Waals surface area contributed by atoms with Crippen LogP contribution in [-0.2, 0) is 6.54 Å². The fourth-order valence-electron chi connectivity index (χ4n) is 2.03. The molecule has 0 saturated heterocycles.